The molecule has 9 heteroatoms. The fraction of sp³-hybridized carbons (Fsp3) is 0.500. The van der Waals surface area contributed by atoms with E-state index in [1.807, 2.05) is 4.90 Å². The molecule has 1 amide bonds. The summed E-state index contributed by atoms with van der Waals surface area (Å²) in [6, 6.07) is 4.45. The van der Waals surface area contributed by atoms with E-state index in [0.717, 1.165) is 0 Å². The van der Waals surface area contributed by atoms with E-state index < -0.39 is 15.8 Å². The molecule has 128 valence electrons. The average molecular weight is 408 g/mol. The SMILES string of the molecule is CS(=O)(=O)N1CCN(CCC(=O)Nc2ccc(Br)cc2F)CC1. The van der Waals surface area contributed by atoms with Gasteiger partial charge in [0.1, 0.15) is 5.82 Å². The third-order valence-electron chi connectivity index (χ3n) is 3.66. The minimum atomic E-state index is -3.15. The first kappa shape index (κ1) is 18.3. The lowest BCUT2D eigenvalue weighted by Gasteiger charge is -2.33. The molecule has 1 aliphatic rings. The molecule has 1 aromatic rings. The van der Waals surface area contributed by atoms with Crippen LogP contribution in [-0.2, 0) is 14.8 Å². The zero-order valence-electron chi connectivity index (χ0n) is 12.8. The predicted molar refractivity (Wildman–Crippen MR) is 90.2 cm³/mol. The molecule has 23 heavy (non-hydrogen) atoms. The number of amides is 1. The molecule has 0 bridgehead atoms. The molecule has 0 radical (unpaired) electrons. The van der Waals surface area contributed by atoms with Crippen molar-refractivity contribution in [3.05, 3.63) is 28.5 Å². The Bertz CT molecular complexity index is 676. The van der Waals surface area contributed by atoms with E-state index in [-0.39, 0.29) is 18.0 Å². The fourth-order valence-electron chi connectivity index (χ4n) is 2.35. The van der Waals surface area contributed by atoms with E-state index >= 15 is 0 Å². The molecule has 1 aromatic carbocycles. The Morgan fingerprint density at radius 1 is 1.30 bits per heavy atom. The maximum absolute atomic E-state index is 13.6. The van der Waals surface area contributed by atoms with Gasteiger partial charge < -0.3 is 10.2 Å². The van der Waals surface area contributed by atoms with Gasteiger partial charge in [-0.3, -0.25) is 4.79 Å². The number of piperazine rings is 1. The second-order valence-electron chi connectivity index (χ2n) is 5.43. The molecule has 0 saturated carbocycles. The van der Waals surface area contributed by atoms with Gasteiger partial charge in [0, 0.05) is 43.6 Å². The Balaban J connectivity index is 1.77. The number of halogens is 2. The number of hydrogen-bond acceptors (Lipinski definition) is 4. The first-order valence-electron chi connectivity index (χ1n) is 7.18. The van der Waals surface area contributed by atoms with Gasteiger partial charge in [0.25, 0.3) is 0 Å². The standard InChI is InChI=1S/C14H19BrFN3O3S/c1-23(21,22)19-8-6-18(7-9-19)5-4-14(20)17-13-3-2-11(15)10-12(13)16/h2-3,10H,4-9H2,1H3,(H,17,20). The van der Waals surface area contributed by atoms with Crippen LogP contribution in [0.1, 0.15) is 6.42 Å². The van der Waals surface area contributed by atoms with Gasteiger partial charge in [0.05, 0.1) is 11.9 Å². The molecule has 1 N–H and O–H groups in total. The third-order valence-corrected chi connectivity index (χ3v) is 5.46. The Kier molecular flexibility index (Phi) is 6.12. The van der Waals surface area contributed by atoms with Crippen LogP contribution >= 0.6 is 15.9 Å². The number of rotatable bonds is 5. The van der Waals surface area contributed by atoms with Gasteiger partial charge in [0.2, 0.25) is 15.9 Å². The van der Waals surface area contributed by atoms with E-state index in [4.69, 9.17) is 0 Å². The summed E-state index contributed by atoms with van der Waals surface area (Å²) in [5.41, 5.74) is 0.153. The van der Waals surface area contributed by atoms with Crippen LogP contribution in [0.2, 0.25) is 0 Å². The Morgan fingerprint density at radius 2 is 1.96 bits per heavy atom. The van der Waals surface area contributed by atoms with Crippen molar-refractivity contribution >= 4 is 37.5 Å². The van der Waals surface area contributed by atoms with Crippen LogP contribution in [-0.4, -0.2) is 62.5 Å². The van der Waals surface area contributed by atoms with Crippen molar-refractivity contribution in [1.82, 2.24) is 9.21 Å². The molecule has 0 aromatic heterocycles. The Morgan fingerprint density at radius 3 is 2.52 bits per heavy atom. The summed E-state index contributed by atoms with van der Waals surface area (Å²) in [6.45, 7) is 2.56. The van der Waals surface area contributed by atoms with Crippen molar-refractivity contribution in [2.24, 2.45) is 0 Å². The maximum Gasteiger partial charge on any atom is 0.225 e. The molecule has 0 spiro atoms. The summed E-state index contributed by atoms with van der Waals surface area (Å²) in [7, 11) is -3.15. The van der Waals surface area contributed by atoms with Gasteiger partial charge >= 0.3 is 0 Å². The van der Waals surface area contributed by atoms with Crippen LogP contribution in [0.15, 0.2) is 22.7 Å². The fourth-order valence-corrected chi connectivity index (χ4v) is 3.51. The molecular formula is C14H19BrFN3O3S. The first-order chi connectivity index (χ1) is 10.8. The number of nitrogens with zero attached hydrogens (tertiary/aromatic N) is 2. The van der Waals surface area contributed by atoms with Crippen molar-refractivity contribution in [1.29, 1.82) is 0 Å². The van der Waals surface area contributed by atoms with Crippen LogP contribution in [0, 0.1) is 5.82 Å². The summed E-state index contributed by atoms with van der Waals surface area (Å²) in [4.78, 5) is 13.9. The summed E-state index contributed by atoms with van der Waals surface area (Å²) in [6.07, 6.45) is 1.43. The summed E-state index contributed by atoms with van der Waals surface area (Å²) in [5.74, 6) is -0.758. The van der Waals surface area contributed by atoms with Gasteiger partial charge in [-0.25, -0.2) is 12.8 Å². The normalized spacial score (nSPS) is 17.2. The zero-order chi connectivity index (χ0) is 17.0. The third kappa shape index (κ3) is 5.52. The van der Waals surface area contributed by atoms with Gasteiger partial charge in [-0.1, -0.05) is 15.9 Å². The molecule has 1 saturated heterocycles. The lowest BCUT2D eigenvalue weighted by Crippen LogP contribution is -2.48. The van der Waals surface area contributed by atoms with E-state index in [0.29, 0.717) is 37.2 Å². The molecule has 2 rings (SSSR count). The van der Waals surface area contributed by atoms with Gasteiger partial charge in [-0.2, -0.15) is 4.31 Å². The molecule has 1 heterocycles. The summed E-state index contributed by atoms with van der Waals surface area (Å²) >= 11 is 3.16. The molecule has 1 fully saturated rings. The minimum absolute atomic E-state index is 0.153. The highest BCUT2D eigenvalue weighted by molar-refractivity contribution is 9.10. The number of sulfonamides is 1. The second-order valence-corrected chi connectivity index (χ2v) is 8.32. The zero-order valence-corrected chi connectivity index (χ0v) is 15.2. The van der Waals surface area contributed by atoms with Crippen LogP contribution in [0.25, 0.3) is 0 Å². The molecule has 1 aliphatic heterocycles. The van der Waals surface area contributed by atoms with Gasteiger partial charge in [-0.15, -0.1) is 0 Å². The highest BCUT2D eigenvalue weighted by atomic mass is 79.9. The van der Waals surface area contributed by atoms with Crippen molar-refractivity contribution in [3.63, 3.8) is 0 Å². The molecule has 0 aliphatic carbocycles. The molecular weight excluding hydrogens is 389 g/mol. The number of anilines is 1. The Labute approximate surface area is 143 Å². The predicted octanol–water partition coefficient (Wildman–Crippen LogP) is 1.49. The van der Waals surface area contributed by atoms with E-state index in [9.17, 15) is 17.6 Å². The Hall–Kier alpha value is -1.03. The lowest BCUT2D eigenvalue weighted by atomic mass is 10.2. The number of benzene rings is 1. The quantitative estimate of drug-likeness (QED) is 0.802. The van der Waals surface area contributed by atoms with E-state index in [1.165, 1.54) is 22.7 Å². The summed E-state index contributed by atoms with van der Waals surface area (Å²) < 4.78 is 38.5. The van der Waals surface area contributed by atoms with Crippen LogP contribution < -0.4 is 5.32 Å². The van der Waals surface area contributed by atoms with Crippen LogP contribution in [0.5, 0.6) is 0 Å². The lowest BCUT2D eigenvalue weighted by molar-refractivity contribution is -0.116. The highest BCUT2D eigenvalue weighted by Crippen LogP contribution is 2.19. The molecule has 0 atom stereocenters. The largest absolute Gasteiger partial charge is 0.324 e. The second kappa shape index (κ2) is 7.69. The van der Waals surface area contributed by atoms with Crippen molar-refractivity contribution in [2.75, 3.05) is 44.3 Å². The number of hydrogen-bond donors (Lipinski definition) is 1. The van der Waals surface area contributed by atoms with Crippen LogP contribution in [0.4, 0.5) is 10.1 Å². The van der Waals surface area contributed by atoms with Crippen molar-refractivity contribution < 1.29 is 17.6 Å². The number of carbonyl (C=O) groups excluding carboxylic acids is 1. The summed E-state index contributed by atoms with van der Waals surface area (Å²) in [5, 5.41) is 2.54. The maximum atomic E-state index is 13.6. The average Bonchev–Trinajstić information content (AvgIpc) is 2.47. The van der Waals surface area contributed by atoms with Gasteiger partial charge in [0.15, 0.2) is 0 Å². The number of nitrogens with one attached hydrogen (secondary N) is 1. The molecule has 0 unspecified atom stereocenters. The van der Waals surface area contributed by atoms with Crippen molar-refractivity contribution in [3.8, 4) is 0 Å². The van der Waals surface area contributed by atoms with Gasteiger partial charge in [-0.05, 0) is 18.2 Å². The topological polar surface area (TPSA) is 69.7 Å². The van der Waals surface area contributed by atoms with Crippen molar-refractivity contribution in [2.45, 2.75) is 6.42 Å². The van der Waals surface area contributed by atoms with Crippen LogP contribution in [0.3, 0.4) is 0 Å². The highest BCUT2D eigenvalue weighted by Gasteiger charge is 2.23. The molecule has 6 nitrogen and oxygen atoms in total. The van der Waals surface area contributed by atoms with E-state index in [2.05, 4.69) is 21.2 Å². The smallest absolute Gasteiger partial charge is 0.225 e. The monoisotopic (exact) mass is 407 g/mol. The minimum Gasteiger partial charge on any atom is -0.324 e. The first-order valence-corrected chi connectivity index (χ1v) is 9.82. The number of carbonyl (C=O) groups is 1. The van der Waals surface area contributed by atoms with E-state index in [1.54, 1.807) is 6.07 Å².